The lowest BCUT2D eigenvalue weighted by Crippen LogP contribution is -2.22. The van der Waals surface area contributed by atoms with Crippen LogP contribution in [-0.4, -0.2) is 44.6 Å². The summed E-state index contributed by atoms with van der Waals surface area (Å²) in [4.78, 5) is 48.0. The van der Waals surface area contributed by atoms with E-state index < -0.39 is 30.4 Å². The van der Waals surface area contributed by atoms with Crippen molar-refractivity contribution >= 4 is 29.5 Å². The molecule has 9 heteroatoms. The molecular weight excluding hydrogens is 382 g/mol. The standard InChI is InChI=1S/C20H21NO8/c1-10-11(2)29-12(3)17(10)20(25)28-9-16(22)21-15-7-13(18(23)26-4)6-14(8-15)19(24)27-5/h6-8H,9H2,1-5H3,(H,21,22). The van der Waals surface area contributed by atoms with Gasteiger partial charge in [0.15, 0.2) is 6.61 Å². The highest BCUT2D eigenvalue weighted by atomic mass is 16.5. The third-order valence-corrected chi connectivity index (χ3v) is 4.16. The van der Waals surface area contributed by atoms with Crippen LogP contribution in [0.5, 0.6) is 0 Å². The summed E-state index contributed by atoms with van der Waals surface area (Å²) in [6, 6.07) is 3.93. The molecule has 1 heterocycles. The molecule has 1 aromatic heterocycles. The molecule has 2 rings (SSSR count). The van der Waals surface area contributed by atoms with Crippen LogP contribution in [0.1, 0.15) is 48.2 Å². The summed E-state index contributed by atoms with van der Waals surface area (Å²) in [5.41, 5.74) is 1.14. The monoisotopic (exact) mass is 403 g/mol. The third-order valence-electron chi connectivity index (χ3n) is 4.16. The second kappa shape index (κ2) is 9.05. The Bertz CT molecular complexity index is 939. The fraction of sp³-hybridized carbons (Fsp3) is 0.300. The number of benzene rings is 1. The zero-order valence-corrected chi connectivity index (χ0v) is 16.7. The predicted molar refractivity (Wildman–Crippen MR) is 101 cm³/mol. The first-order valence-electron chi connectivity index (χ1n) is 8.53. The highest BCUT2D eigenvalue weighted by molar-refractivity contribution is 6.00. The zero-order valence-electron chi connectivity index (χ0n) is 16.7. The van der Waals surface area contributed by atoms with Crippen LogP contribution in [0, 0.1) is 20.8 Å². The van der Waals surface area contributed by atoms with Crippen molar-refractivity contribution in [3.8, 4) is 0 Å². The van der Waals surface area contributed by atoms with Crippen molar-refractivity contribution in [1.29, 1.82) is 0 Å². The van der Waals surface area contributed by atoms with E-state index in [9.17, 15) is 19.2 Å². The van der Waals surface area contributed by atoms with Crippen molar-refractivity contribution in [3.63, 3.8) is 0 Å². The van der Waals surface area contributed by atoms with Crippen molar-refractivity contribution in [3.05, 3.63) is 52.0 Å². The summed E-state index contributed by atoms with van der Waals surface area (Å²) in [5, 5.41) is 2.47. The molecule has 9 nitrogen and oxygen atoms in total. The smallest absolute Gasteiger partial charge is 0.342 e. The van der Waals surface area contributed by atoms with E-state index in [1.165, 1.54) is 32.4 Å². The van der Waals surface area contributed by atoms with Gasteiger partial charge < -0.3 is 23.9 Å². The topological polar surface area (TPSA) is 121 Å². The summed E-state index contributed by atoms with van der Waals surface area (Å²) in [7, 11) is 2.37. The number of furan rings is 1. The molecule has 0 saturated heterocycles. The maximum absolute atomic E-state index is 12.2. The maximum atomic E-state index is 12.2. The van der Waals surface area contributed by atoms with Crippen LogP contribution >= 0.6 is 0 Å². The van der Waals surface area contributed by atoms with Gasteiger partial charge in [-0.2, -0.15) is 0 Å². The van der Waals surface area contributed by atoms with Gasteiger partial charge >= 0.3 is 17.9 Å². The van der Waals surface area contributed by atoms with Crippen LogP contribution in [0.4, 0.5) is 5.69 Å². The molecule has 0 bridgehead atoms. The fourth-order valence-electron chi connectivity index (χ4n) is 2.67. The number of rotatable bonds is 6. The second-order valence-corrected chi connectivity index (χ2v) is 6.12. The minimum atomic E-state index is -0.695. The van der Waals surface area contributed by atoms with Crippen LogP contribution in [-0.2, 0) is 19.0 Å². The van der Waals surface area contributed by atoms with Gasteiger partial charge in [0.25, 0.3) is 5.91 Å². The number of carbonyl (C=O) groups excluding carboxylic acids is 4. The van der Waals surface area contributed by atoms with Gasteiger partial charge in [-0.3, -0.25) is 4.79 Å². The average Bonchev–Trinajstić information content (AvgIpc) is 2.96. The van der Waals surface area contributed by atoms with Crippen LogP contribution < -0.4 is 5.32 Å². The molecule has 1 N–H and O–H groups in total. The fourth-order valence-corrected chi connectivity index (χ4v) is 2.67. The van der Waals surface area contributed by atoms with E-state index in [-0.39, 0.29) is 22.4 Å². The molecule has 1 amide bonds. The summed E-state index contributed by atoms with van der Waals surface area (Å²) in [6.45, 7) is 4.50. The van der Waals surface area contributed by atoms with E-state index >= 15 is 0 Å². The van der Waals surface area contributed by atoms with E-state index in [1.54, 1.807) is 20.8 Å². The maximum Gasteiger partial charge on any atom is 0.342 e. The van der Waals surface area contributed by atoms with E-state index in [1.807, 2.05) is 0 Å². The van der Waals surface area contributed by atoms with E-state index in [0.717, 1.165) is 0 Å². The Balaban J connectivity index is 2.12. The van der Waals surface area contributed by atoms with E-state index in [0.29, 0.717) is 17.1 Å². The number of methoxy groups -OCH3 is 2. The number of ether oxygens (including phenoxy) is 3. The highest BCUT2D eigenvalue weighted by Crippen LogP contribution is 2.21. The van der Waals surface area contributed by atoms with Crippen molar-refractivity contribution in [2.75, 3.05) is 26.1 Å². The molecule has 154 valence electrons. The minimum Gasteiger partial charge on any atom is -0.465 e. The molecule has 1 aromatic carbocycles. The first kappa shape index (κ1) is 21.7. The quantitative estimate of drug-likeness (QED) is 0.577. The van der Waals surface area contributed by atoms with Gasteiger partial charge in [0, 0.05) is 11.3 Å². The molecule has 0 atom stereocenters. The molecule has 29 heavy (non-hydrogen) atoms. The lowest BCUT2D eigenvalue weighted by molar-refractivity contribution is -0.119. The molecule has 2 aromatic rings. The molecule has 0 saturated carbocycles. The second-order valence-electron chi connectivity index (χ2n) is 6.12. The lowest BCUT2D eigenvalue weighted by Gasteiger charge is -2.10. The molecule has 0 aliphatic rings. The summed E-state index contributed by atoms with van der Waals surface area (Å²) in [6.07, 6.45) is 0. The first-order valence-corrected chi connectivity index (χ1v) is 8.53. The molecule has 0 fully saturated rings. The molecule has 0 radical (unpaired) electrons. The number of esters is 3. The third kappa shape index (κ3) is 5.01. The van der Waals surface area contributed by atoms with Gasteiger partial charge in [0.1, 0.15) is 17.1 Å². The normalized spacial score (nSPS) is 10.2. The molecule has 0 aliphatic heterocycles. The SMILES string of the molecule is COC(=O)c1cc(NC(=O)COC(=O)c2c(C)oc(C)c2C)cc(C(=O)OC)c1. The average molecular weight is 403 g/mol. The van der Waals surface area contributed by atoms with Gasteiger partial charge in [-0.25, -0.2) is 14.4 Å². The minimum absolute atomic E-state index is 0.0443. The Labute approximate surface area is 166 Å². The molecule has 0 aliphatic carbocycles. The van der Waals surface area contributed by atoms with Crippen LogP contribution in [0.25, 0.3) is 0 Å². The Kier molecular flexibility index (Phi) is 6.76. The van der Waals surface area contributed by atoms with E-state index in [2.05, 4.69) is 14.8 Å². The molecule has 0 unspecified atom stereocenters. The summed E-state index contributed by atoms with van der Waals surface area (Å²) < 4.78 is 19.7. The lowest BCUT2D eigenvalue weighted by atomic mass is 10.1. The van der Waals surface area contributed by atoms with Gasteiger partial charge in [0.2, 0.25) is 0 Å². The number of amides is 1. The first-order chi connectivity index (χ1) is 13.7. The van der Waals surface area contributed by atoms with Crippen molar-refractivity contribution < 1.29 is 37.8 Å². The zero-order chi connectivity index (χ0) is 21.7. The van der Waals surface area contributed by atoms with Crippen LogP contribution in [0.2, 0.25) is 0 Å². The summed E-state index contributed by atoms with van der Waals surface area (Å²) in [5.74, 6) is -1.75. The number of nitrogens with one attached hydrogen (secondary N) is 1. The van der Waals surface area contributed by atoms with Gasteiger partial charge in [-0.15, -0.1) is 0 Å². The van der Waals surface area contributed by atoms with Gasteiger partial charge in [0.05, 0.1) is 25.3 Å². The van der Waals surface area contributed by atoms with Gasteiger partial charge in [-0.05, 0) is 39.0 Å². The number of carbonyl (C=O) groups is 4. The van der Waals surface area contributed by atoms with Gasteiger partial charge in [-0.1, -0.05) is 0 Å². The van der Waals surface area contributed by atoms with Crippen molar-refractivity contribution in [2.24, 2.45) is 0 Å². The van der Waals surface area contributed by atoms with E-state index in [4.69, 9.17) is 9.15 Å². The molecule has 0 spiro atoms. The Morgan fingerprint density at radius 2 is 1.41 bits per heavy atom. The number of aryl methyl sites for hydroxylation is 2. The Morgan fingerprint density at radius 3 is 1.86 bits per heavy atom. The Hall–Kier alpha value is -3.62. The number of hydrogen-bond acceptors (Lipinski definition) is 8. The van der Waals surface area contributed by atoms with Crippen LogP contribution in [0.3, 0.4) is 0 Å². The van der Waals surface area contributed by atoms with Crippen LogP contribution in [0.15, 0.2) is 22.6 Å². The predicted octanol–water partition coefficient (Wildman–Crippen LogP) is 2.57. The van der Waals surface area contributed by atoms with Crippen molar-refractivity contribution in [1.82, 2.24) is 0 Å². The largest absolute Gasteiger partial charge is 0.465 e. The number of hydrogen-bond donors (Lipinski definition) is 1. The van der Waals surface area contributed by atoms with Crippen molar-refractivity contribution in [2.45, 2.75) is 20.8 Å². The summed E-state index contributed by atoms with van der Waals surface area (Å²) >= 11 is 0. The molecular formula is C20H21NO8. The highest BCUT2D eigenvalue weighted by Gasteiger charge is 2.21. The number of anilines is 1. The Morgan fingerprint density at radius 1 is 0.862 bits per heavy atom.